The quantitative estimate of drug-likeness (QED) is 0.262. The molecule has 0 radical (unpaired) electrons. The second kappa shape index (κ2) is 9.68. The van der Waals surface area contributed by atoms with Crippen LogP contribution in [-0.2, 0) is 24.0 Å². The van der Waals surface area contributed by atoms with Crippen molar-refractivity contribution in [3.8, 4) is 0 Å². The monoisotopic (exact) mass is 499 g/mol. The van der Waals surface area contributed by atoms with E-state index in [0.29, 0.717) is 23.2 Å². The fourth-order valence-electron chi connectivity index (χ4n) is 3.54. The number of ether oxygens (including phenoxy) is 1. The number of nitrogens with one attached hydrogen (secondary N) is 1. The standard InChI is InChI=1S/C18H21N5O6S3/c1-28-22-11(9-6-32-18(19)20-9)14(24)21-12-15(25)23-13(17(26)27)10(7-31-16(12)23)30-5-8-2-3-29-4-8/h6,8,12,16H,2-5,7H2,1H3,(H2,19,20)(H,21,24)(H,26,27)/b22-11-/t8?,12?,16-/m0/s1. The van der Waals surface area contributed by atoms with Gasteiger partial charge in [0.25, 0.3) is 11.8 Å². The molecular weight excluding hydrogens is 478 g/mol. The molecule has 2 fully saturated rings. The number of thioether (sulfide) groups is 2. The predicted molar refractivity (Wildman–Crippen MR) is 121 cm³/mol. The fraction of sp³-hybridized carbons (Fsp3) is 0.500. The van der Waals surface area contributed by atoms with Crippen molar-refractivity contribution in [2.45, 2.75) is 17.8 Å². The van der Waals surface area contributed by atoms with Gasteiger partial charge in [-0.15, -0.1) is 34.9 Å². The third kappa shape index (κ3) is 4.44. The molecule has 0 bridgehead atoms. The maximum Gasteiger partial charge on any atom is 0.353 e. The van der Waals surface area contributed by atoms with Crippen molar-refractivity contribution >= 4 is 63.5 Å². The van der Waals surface area contributed by atoms with Gasteiger partial charge in [0.05, 0.1) is 6.61 Å². The molecule has 11 nitrogen and oxygen atoms in total. The molecule has 3 aliphatic heterocycles. The van der Waals surface area contributed by atoms with Crippen molar-refractivity contribution in [1.82, 2.24) is 15.2 Å². The van der Waals surface area contributed by atoms with Crippen molar-refractivity contribution in [2.24, 2.45) is 11.1 Å². The Kier molecular flexibility index (Phi) is 6.93. The topological polar surface area (TPSA) is 156 Å². The Balaban J connectivity index is 1.46. The van der Waals surface area contributed by atoms with E-state index in [9.17, 15) is 19.5 Å². The minimum atomic E-state index is -1.15. The zero-order valence-electron chi connectivity index (χ0n) is 17.0. The first kappa shape index (κ1) is 22.9. The van der Waals surface area contributed by atoms with Crippen LogP contribution in [-0.4, -0.2) is 81.7 Å². The molecule has 0 aromatic carbocycles. The van der Waals surface area contributed by atoms with Crippen LogP contribution in [0.1, 0.15) is 12.1 Å². The van der Waals surface area contributed by atoms with Crippen LogP contribution in [0.2, 0.25) is 0 Å². The van der Waals surface area contributed by atoms with Crippen LogP contribution in [0.3, 0.4) is 0 Å². The molecule has 14 heteroatoms. The summed E-state index contributed by atoms with van der Waals surface area (Å²) in [5.74, 6) is -0.723. The second-order valence-electron chi connectivity index (χ2n) is 7.17. The van der Waals surface area contributed by atoms with Crippen molar-refractivity contribution in [2.75, 3.05) is 37.6 Å². The molecular formula is C18H21N5O6S3. The average Bonchev–Trinajstić information content (AvgIpc) is 3.45. The summed E-state index contributed by atoms with van der Waals surface area (Å²) in [5.41, 5.74) is 5.73. The number of thiazole rings is 1. The van der Waals surface area contributed by atoms with E-state index in [-0.39, 0.29) is 22.2 Å². The van der Waals surface area contributed by atoms with Gasteiger partial charge in [0.15, 0.2) is 10.8 Å². The lowest BCUT2D eigenvalue weighted by Crippen LogP contribution is -2.71. The first-order valence-corrected chi connectivity index (χ1v) is 12.6. The number of amides is 2. The van der Waals surface area contributed by atoms with Crippen molar-refractivity contribution in [3.63, 3.8) is 0 Å². The summed E-state index contributed by atoms with van der Waals surface area (Å²) < 4.78 is 5.37. The molecule has 2 saturated heterocycles. The highest BCUT2D eigenvalue weighted by atomic mass is 32.2. The lowest BCUT2D eigenvalue weighted by molar-refractivity contribution is -0.150. The van der Waals surface area contributed by atoms with E-state index in [2.05, 4.69) is 15.5 Å². The van der Waals surface area contributed by atoms with Gasteiger partial charge in [0.2, 0.25) is 0 Å². The Hall–Kier alpha value is -2.29. The molecule has 32 heavy (non-hydrogen) atoms. The molecule has 172 valence electrons. The fourth-order valence-corrected chi connectivity index (χ4v) is 6.84. The highest BCUT2D eigenvalue weighted by molar-refractivity contribution is 8.06. The van der Waals surface area contributed by atoms with E-state index >= 15 is 0 Å². The Bertz CT molecular complexity index is 990. The number of hydrogen-bond donors (Lipinski definition) is 3. The summed E-state index contributed by atoms with van der Waals surface area (Å²) in [6.45, 7) is 1.39. The molecule has 0 saturated carbocycles. The molecule has 0 aliphatic carbocycles. The van der Waals surface area contributed by atoms with Crippen LogP contribution in [0.4, 0.5) is 5.13 Å². The van der Waals surface area contributed by atoms with Crippen molar-refractivity contribution < 1.29 is 29.1 Å². The van der Waals surface area contributed by atoms with Gasteiger partial charge in [0.1, 0.15) is 29.9 Å². The normalized spacial score (nSPS) is 25.4. The van der Waals surface area contributed by atoms with E-state index in [1.165, 1.54) is 35.5 Å². The summed E-state index contributed by atoms with van der Waals surface area (Å²) in [4.78, 5) is 48.3. The zero-order valence-corrected chi connectivity index (χ0v) is 19.4. The zero-order chi connectivity index (χ0) is 22.8. The Morgan fingerprint density at radius 1 is 1.53 bits per heavy atom. The van der Waals surface area contributed by atoms with Gasteiger partial charge in [-0.2, -0.15) is 0 Å². The van der Waals surface area contributed by atoms with Crippen LogP contribution in [0.25, 0.3) is 0 Å². The summed E-state index contributed by atoms with van der Waals surface area (Å²) >= 11 is 4.02. The van der Waals surface area contributed by atoms with Gasteiger partial charge < -0.3 is 25.7 Å². The summed E-state index contributed by atoms with van der Waals surface area (Å²) in [6.07, 6.45) is 0.950. The molecule has 4 N–H and O–H groups in total. The Morgan fingerprint density at radius 3 is 2.97 bits per heavy atom. The van der Waals surface area contributed by atoms with Gasteiger partial charge in [-0.25, -0.2) is 9.78 Å². The number of carbonyl (C=O) groups excluding carboxylic acids is 2. The molecule has 3 atom stereocenters. The minimum Gasteiger partial charge on any atom is -0.477 e. The SMILES string of the molecule is CO/N=C(\C(=O)NC1C(=O)N2C(C(=O)O)=C(SCC3CCOC3)CS[C@@H]12)c1csc(N)n1. The first-order chi connectivity index (χ1) is 15.4. The third-order valence-electron chi connectivity index (χ3n) is 5.10. The van der Waals surface area contributed by atoms with Crippen LogP contribution >= 0.6 is 34.9 Å². The maximum absolute atomic E-state index is 12.8. The van der Waals surface area contributed by atoms with E-state index in [4.69, 9.17) is 15.3 Å². The van der Waals surface area contributed by atoms with Gasteiger partial charge in [-0.05, 0) is 12.3 Å². The lowest BCUT2D eigenvalue weighted by atomic mass is 10.0. The number of nitrogens with two attached hydrogens (primary N) is 1. The molecule has 3 aliphatic rings. The smallest absolute Gasteiger partial charge is 0.353 e. The number of aliphatic carboxylic acids is 1. The van der Waals surface area contributed by atoms with Crippen LogP contribution in [0.15, 0.2) is 21.1 Å². The number of β-lactam (4-membered cyclic amide) rings is 1. The number of fused-ring (bicyclic) bond motifs is 1. The third-order valence-corrected chi connectivity index (χ3v) is 8.56. The van der Waals surface area contributed by atoms with Gasteiger partial charge in [-0.3, -0.25) is 14.5 Å². The molecule has 1 aromatic heterocycles. The van der Waals surface area contributed by atoms with Crippen molar-refractivity contribution in [1.29, 1.82) is 0 Å². The van der Waals surface area contributed by atoms with E-state index in [0.717, 1.165) is 30.1 Å². The predicted octanol–water partition coefficient (Wildman–Crippen LogP) is 0.542. The maximum atomic E-state index is 12.8. The van der Waals surface area contributed by atoms with E-state index in [1.807, 2.05) is 0 Å². The highest BCUT2D eigenvalue weighted by Crippen LogP contribution is 2.44. The Labute approximate surface area is 195 Å². The molecule has 4 rings (SSSR count). The lowest BCUT2D eigenvalue weighted by Gasteiger charge is -2.49. The number of oxime groups is 1. The van der Waals surface area contributed by atoms with Gasteiger partial charge >= 0.3 is 5.97 Å². The number of hydrogen-bond acceptors (Lipinski definition) is 11. The number of carbonyl (C=O) groups is 3. The number of carboxylic acid groups (broad SMARTS) is 1. The number of carboxylic acids is 1. The van der Waals surface area contributed by atoms with Crippen LogP contribution in [0, 0.1) is 5.92 Å². The molecule has 0 spiro atoms. The first-order valence-electron chi connectivity index (χ1n) is 9.65. The van der Waals surface area contributed by atoms with Crippen LogP contribution < -0.4 is 11.1 Å². The summed E-state index contributed by atoms with van der Waals surface area (Å²) in [7, 11) is 1.29. The van der Waals surface area contributed by atoms with E-state index < -0.39 is 29.2 Å². The number of anilines is 1. The van der Waals surface area contributed by atoms with Gasteiger partial charge in [0, 0.05) is 28.4 Å². The number of aromatic nitrogens is 1. The van der Waals surface area contributed by atoms with E-state index in [1.54, 1.807) is 5.38 Å². The minimum absolute atomic E-state index is 0.00813. The van der Waals surface area contributed by atoms with Crippen LogP contribution in [0.5, 0.6) is 0 Å². The summed E-state index contributed by atoms with van der Waals surface area (Å²) in [5, 5.41) is 17.4. The van der Waals surface area contributed by atoms with Crippen molar-refractivity contribution in [3.05, 3.63) is 21.7 Å². The molecule has 1 aromatic rings. The van der Waals surface area contributed by atoms with Gasteiger partial charge in [-0.1, -0.05) is 5.16 Å². The largest absolute Gasteiger partial charge is 0.477 e. The summed E-state index contributed by atoms with van der Waals surface area (Å²) in [6, 6.07) is -0.880. The number of rotatable bonds is 8. The highest BCUT2D eigenvalue weighted by Gasteiger charge is 2.54. The Morgan fingerprint density at radius 2 is 2.34 bits per heavy atom. The number of nitrogen functional groups attached to an aromatic ring is 1. The molecule has 2 amide bonds. The number of nitrogens with zero attached hydrogens (tertiary/aromatic N) is 3. The molecule has 4 heterocycles. The second-order valence-corrected chi connectivity index (χ2v) is 10.3. The average molecular weight is 500 g/mol. The molecule has 2 unspecified atom stereocenters.